The first-order valence-electron chi connectivity index (χ1n) is 21.9. The van der Waals surface area contributed by atoms with E-state index in [1.54, 1.807) is 0 Å². The lowest BCUT2D eigenvalue weighted by Gasteiger charge is -2.26. The van der Waals surface area contributed by atoms with Crippen molar-refractivity contribution in [3.8, 4) is 0 Å². The summed E-state index contributed by atoms with van der Waals surface area (Å²) in [7, 11) is 0. The standard InChI is InChI=1S/C43H86N2O2/c1-3-5-7-9-11-13-15-17-19-21-23-25-27-29-31-33-39-45(43(46)41-47-42-35-37-44-38-36-42)40-34-32-30-28-26-24-22-20-18-16-14-12-10-8-6-4-2/h42,44H,3-41H2,1-2H3. The van der Waals surface area contributed by atoms with Gasteiger partial charge in [0.2, 0.25) is 5.91 Å². The normalized spacial score (nSPS) is 13.8. The van der Waals surface area contributed by atoms with Crippen LogP contribution in [0.3, 0.4) is 0 Å². The smallest absolute Gasteiger partial charge is 0.248 e. The highest BCUT2D eigenvalue weighted by Crippen LogP contribution is 2.16. The summed E-state index contributed by atoms with van der Waals surface area (Å²) in [5, 5.41) is 3.40. The molecule has 1 rings (SSSR count). The average Bonchev–Trinajstić information content (AvgIpc) is 3.09. The highest BCUT2D eigenvalue weighted by atomic mass is 16.5. The molecule has 1 fully saturated rings. The zero-order valence-corrected chi connectivity index (χ0v) is 32.4. The summed E-state index contributed by atoms with van der Waals surface area (Å²) in [6.07, 6.45) is 46.8. The number of amides is 1. The van der Waals surface area contributed by atoms with E-state index in [2.05, 4.69) is 24.1 Å². The summed E-state index contributed by atoms with van der Waals surface area (Å²) >= 11 is 0. The Bertz CT molecular complexity index is 585. The molecule has 4 nitrogen and oxygen atoms in total. The molecule has 0 atom stereocenters. The van der Waals surface area contributed by atoms with Gasteiger partial charge in [0.15, 0.2) is 0 Å². The van der Waals surface area contributed by atoms with Gasteiger partial charge in [-0.3, -0.25) is 4.79 Å². The minimum absolute atomic E-state index is 0.227. The van der Waals surface area contributed by atoms with Crippen LogP contribution in [0.1, 0.15) is 232 Å². The zero-order chi connectivity index (χ0) is 33.7. The van der Waals surface area contributed by atoms with Gasteiger partial charge < -0.3 is 15.0 Å². The molecule has 4 heteroatoms. The van der Waals surface area contributed by atoms with Gasteiger partial charge in [-0.05, 0) is 38.8 Å². The van der Waals surface area contributed by atoms with E-state index >= 15 is 0 Å². The lowest BCUT2D eigenvalue weighted by Crippen LogP contribution is -2.39. The Morgan fingerprint density at radius 1 is 0.468 bits per heavy atom. The van der Waals surface area contributed by atoms with Gasteiger partial charge in [-0.15, -0.1) is 0 Å². The van der Waals surface area contributed by atoms with Crippen LogP contribution < -0.4 is 5.32 Å². The van der Waals surface area contributed by atoms with Crippen LogP contribution in [0.5, 0.6) is 0 Å². The maximum atomic E-state index is 13.2. The van der Waals surface area contributed by atoms with Crippen molar-refractivity contribution in [3.05, 3.63) is 0 Å². The number of ether oxygens (including phenoxy) is 1. The summed E-state index contributed by atoms with van der Waals surface area (Å²) in [6, 6.07) is 0. The minimum atomic E-state index is 0.227. The molecule has 0 aromatic heterocycles. The molecule has 1 aliphatic heterocycles. The Labute approximate surface area is 296 Å². The molecule has 1 saturated heterocycles. The average molecular weight is 663 g/mol. The Morgan fingerprint density at radius 2 is 0.745 bits per heavy atom. The molecule has 0 unspecified atom stereocenters. The van der Waals surface area contributed by atoms with Crippen LogP contribution in [-0.4, -0.2) is 49.7 Å². The van der Waals surface area contributed by atoms with Gasteiger partial charge in [0.25, 0.3) is 0 Å². The van der Waals surface area contributed by atoms with E-state index in [-0.39, 0.29) is 18.6 Å². The van der Waals surface area contributed by atoms with E-state index in [4.69, 9.17) is 4.74 Å². The van der Waals surface area contributed by atoms with Gasteiger partial charge in [-0.25, -0.2) is 0 Å². The highest BCUT2D eigenvalue weighted by Gasteiger charge is 2.18. The lowest BCUT2D eigenvalue weighted by atomic mass is 10.0. The summed E-state index contributed by atoms with van der Waals surface area (Å²) < 4.78 is 6.06. The van der Waals surface area contributed by atoms with E-state index in [1.165, 1.54) is 193 Å². The number of hydrogen-bond donors (Lipinski definition) is 1. The minimum Gasteiger partial charge on any atom is -0.368 e. The Balaban J connectivity index is 2.07. The molecule has 0 radical (unpaired) electrons. The van der Waals surface area contributed by atoms with E-state index in [9.17, 15) is 4.79 Å². The predicted molar refractivity (Wildman–Crippen MR) is 208 cm³/mol. The summed E-state index contributed by atoms with van der Waals surface area (Å²) in [4.78, 5) is 15.3. The zero-order valence-electron chi connectivity index (χ0n) is 32.4. The van der Waals surface area contributed by atoms with Crippen molar-refractivity contribution in [2.24, 2.45) is 0 Å². The molecule has 0 spiro atoms. The molecule has 0 aromatic rings. The molecule has 0 bridgehead atoms. The summed E-state index contributed by atoms with van der Waals surface area (Å²) in [6.45, 7) is 8.75. The van der Waals surface area contributed by atoms with Crippen LogP contribution in [0, 0.1) is 0 Å². The fourth-order valence-corrected chi connectivity index (χ4v) is 7.31. The monoisotopic (exact) mass is 663 g/mol. The third kappa shape index (κ3) is 31.1. The third-order valence-electron chi connectivity index (χ3n) is 10.6. The first-order valence-corrected chi connectivity index (χ1v) is 21.9. The topological polar surface area (TPSA) is 41.6 Å². The van der Waals surface area contributed by atoms with Crippen molar-refractivity contribution in [3.63, 3.8) is 0 Å². The number of nitrogens with one attached hydrogen (secondary N) is 1. The number of rotatable bonds is 37. The van der Waals surface area contributed by atoms with Crippen LogP contribution >= 0.6 is 0 Å². The van der Waals surface area contributed by atoms with E-state index in [0.717, 1.165) is 51.9 Å². The fourth-order valence-electron chi connectivity index (χ4n) is 7.31. The molecule has 47 heavy (non-hydrogen) atoms. The number of piperidine rings is 1. The van der Waals surface area contributed by atoms with Crippen LogP contribution in [0.25, 0.3) is 0 Å². The molecule has 1 amide bonds. The summed E-state index contributed by atoms with van der Waals surface area (Å²) in [5.74, 6) is 0.227. The highest BCUT2D eigenvalue weighted by molar-refractivity contribution is 5.77. The SMILES string of the molecule is CCCCCCCCCCCCCCCCCCN(CCCCCCCCCCCCCCCCCC)C(=O)COC1CCNCC1. The molecule has 280 valence electrons. The van der Waals surface area contributed by atoms with Crippen LogP contribution in [-0.2, 0) is 9.53 Å². The number of unbranched alkanes of at least 4 members (excludes halogenated alkanes) is 30. The lowest BCUT2D eigenvalue weighted by molar-refractivity contribution is -0.138. The second kappa shape index (κ2) is 36.7. The van der Waals surface area contributed by atoms with E-state index in [1.807, 2.05) is 0 Å². The van der Waals surface area contributed by atoms with Crippen molar-refractivity contribution >= 4 is 5.91 Å². The van der Waals surface area contributed by atoms with E-state index < -0.39 is 0 Å². The van der Waals surface area contributed by atoms with Crippen molar-refractivity contribution in [1.82, 2.24) is 10.2 Å². The number of carbonyl (C=O) groups excluding carboxylic acids is 1. The van der Waals surface area contributed by atoms with Gasteiger partial charge in [-0.2, -0.15) is 0 Å². The first kappa shape index (κ1) is 44.4. The number of hydrogen-bond acceptors (Lipinski definition) is 3. The molecule has 1 aliphatic rings. The first-order chi connectivity index (χ1) is 23.3. The molecule has 0 aromatic carbocycles. The van der Waals surface area contributed by atoms with Crippen molar-refractivity contribution < 1.29 is 9.53 Å². The van der Waals surface area contributed by atoms with Gasteiger partial charge in [0.05, 0.1) is 6.10 Å². The Kier molecular flexibility index (Phi) is 34.6. The van der Waals surface area contributed by atoms with Crippen molar-refractivity contribution in [1.29, 1.82) is 0 Å². The van der Waals surface area contributed by atoms with Gasteiger partial charge in [0, 0.05) is 13.1 Å². The molecule has 1 N–H and O–H groups in total. The fraction of sp³-hybridized carbons (Fsp3) is 0.977. The Hall–Kier alpha value is -0.610. The number of nitrogens with zero attached hydrogens (tertiary/aromatic N) is 1. The maximum absolute atomic E-state index is 13.2. The quantitative estimate of drug-likeness (QED) is 0.0673. The van der Waals surface area contributed by atoms with Gasteiger partial charge in [-0.1, -0.05) is 206 Å². The molecular weight excluding hydrogens is 576 g/mol. The van der Waals surface area contributed by atoms with E-state index in [0.29, 0.717) is 0 Å². The molecule has 0 aliphatic carbocycles. The summed E-state index contributed by atoms with van der Waals surface area (Å²) in [5.41, 5.74) is 0. The van der Waals surface area contributed by atoms with Gasteiger partial charge in [0.1, 0.15) is 6.61 Å². The van der Waals surface area contributed by atoms with Crippen molar-refractivity contribution in [2.75, 3.05) is 32.8 Å². The largest absolute Gasteiger partial charge is 0.368 e. The molecule has 0 saturated carbocycles. The number of carbonyl (C=O) groups is 1. The van der Waals surface area contributed by atoms with Crippen LogP contribution in [0.15, 0.2) is 0 Å². The molecule has 1 heterocycles. The second-order valence-corrected chi connectivity index (χ2v) is 15.2. The van der Waals surface area contributed by atoms with Crippen LogP contribution in [0.4, 0.5) is 0 Å². The second-order valence-electron chi connectivity index (χ2n) is 15.2. The Morgan fingerprint density at radius 3 is 1.04 bits per heavy atom. The van der Waals surface area contributed by atoms with Crippen molar-refractivity contribution in [2.45, 2.75) is 238 Å². The maximum Gasteiger partial charge on any atom is 0.248 e. The third-order valence-corrected chi connectivity index (χ3v) is 10.6. The molecular formula is C43H86N2O2. The van der Waals surface area contributed by atoms with Crippen LogP contribution in [0.2, 0.25) is 0 Å². The predicted octanol–water partition coefficient (Wildman–Crippen LogP) is 13.1. The van der Waals surface area contributed by atoms with Gasteiger partial charge >= 0.3 is 0 Å².